The molecule has 2 heterocycles. The number of ether oxygens (including phenoxy) is 1. The summed E-state index contributed by atoms with van der Waals surface area (Å²) in [6, 6.07) is 1.84. The molecule has 1 N–H and O–H groups in total. The highest BCUT2D eigenvalue weighted by Gasteiger charge is 2.23. The Hall–Kier alpha value is -0.560. The van der Waals surface area contributed by atoms with Gasteiger partial charge in [-0.3, -0.25) is 4.68 Å². The van der Waals surface area contributed by atoms with Gasteiger partial charge in [0.05, 0.1) is 13.1 Å². The number of nitrogens with one attached hydrogen (secondary N) is 1. The minimum Gasteiger partial charge on any atom is -0.442 e. The highest BCUT2D eigenvalue weighted by atomic mass is 79.9. The van der Waals surface area contributed by atoms with Gasteiger partial charge >= 0.3 is 6.09 Å². The number of nitrogens with zero attached hydrogens (tertiary/aromatic N) is 2. The molecule has 1 aliphatic heterocycles. The van der Waals surface area contributed by atoms with Gasteiger partial charge in [0.15, 0.2) is 0 Å². The molecule has 1 fully saturated rings. The summed E-state index contributed by atoms with van der Waals surface area (Å²) < 4.78 is 8.32. The number of halogens is 2. The van der Waals surface area contributed by atoms with Crippen LogP contribution >= 0.6 is 31.9 Å². The number of carbonyl (C=O) groups excluding carboxylic acids is 1. The number of cyclic esters (lactones) is 1. The zero-order valence-electron chi connectivity index (χ0n) is 7.04. The van der Waals surface area contributed by atoms with Crippen molar-refractivity contribution in [2.45, 2.75) is 12.6 Å². The van der Waals surface area contributed by atoms with Crippen LogP contribution in [0.25, 0.3) is 0 Å². The standard InChI is InChI=1S/C7H7Br2N3O2/c8-5-1-6(9)12(11-5)3-4-2-10-7(13)14-4/h1,4H,2-3H2,(H,10,13). The Balaban J connectivity index is 2.04. The van der Waals surface area contributed by atoms with Gasteiger partial charge in [-0.2, -0.15) is 5.10 Å². The molecule has 1 aromatic heterocycles. The fourth-order valence-electron chi connectivity index (χ4n) is 1.22. The molecule has 1 atom stereocenters. The van der Waals surface area contributed by atoms with Gasteiger partial charge in [0, 0.05) is 6.07 Å². The highest BCUT2D eigenvalue weighted by molar-refractivity contribution is 9.11. The first-order valence-corrected chi connectivity index (χ1v) is 5.57. The van der Waals surface area contributed by atoms with Crippen molar-refractivity contribution in [1.82, 2.24) is 15.1 Å². The lowest BCUT2D eigenvalue weighted by Crippen LogP contribution is -2.21. The maximum absolute atomic E-state index is 10.7. The Morgan fingerprint density at radius 1 is 1.71 bits per heavy atom. The van der Waals surface area contributed by atoms with E-state index in [1.54, 1.807) is 4.68 Å². The largest absolute Gasteiger partial charge is 0.442 e. The molecule has 5 nitrogen and oxygen atoms in total. The van der Waals surface area contributed by atoms with Crippen LogP contribution in [0.4, 0.5) is 4.79 Å². The quantitative estimate of drug-likeness (QED) is 0.897. The minimum absolute atomic E-state index is 0.148. The molecule has 14 heavy (non-hydrogen) atoms. The van der Waals surface area contributed by atoms with Gasteiger partial charge in [-0.25, -0.2) is 4.79 Å². The third-order valence-electron chi connectivity index (χ3n) is 1.83. The molecule has 0 aliphatic carbocycles. The number of rotatable bonds is 2. The summed E-state index contributed by atoms with van der Waals surface area (Å²) >= 11 is 6.61. The van der Waals surface area contributed by atoms with Gasteiger partial charge in [0.25, 0.3) is 0 Å². The lowest BCUT2D eigenvalue weighted by Gasteiger charge is -2.08. The Morgan fingerprint density at radius 2 is 2.50 bits per heavy atom. The van der Waals surface area contributed by atoms with Crippen molar-refractivity contribution in [3.05, 3.63) is 15.3 Å². The Kier molecular flexibility index (Phi) is 2.78. The number of alkyl carbamates (subject to hydrolysis) is 1. The molecule has 0 bridgehead atoms. The van der Waals surface area contributed by atoms with Crippen LogP contribution in [0.1, 0.15) is 0 Å². The molecule has 7 heteroatoms. The summed E-state index contributed by atoms with van der Waals surface area (Å²) in [5, 5.41) is 6.75. The van der Waals surface area contributed by atoms with Crippen LogP contribution in [0.2, 0.25) is 0 Å². The van der Waals surface area contributed by atoms with Crippen molar-refractivity contribution < 1.29 is 9.53 Å². The first kappa shape index (κ1) is 9.97. The number of hydrogen-bond donors (Lipinski definition) is 1. The van der Waals surface area contributed by atoms with E-state index < -0.39 is 0 Å². The van der Waals surface area contributed by atoms with Crippen molar-refractivity contribution in [3.8, 4) is 0 Å². The first-order valence-electron chi connectivity index (χ1n) is 3.98. The summed E-state index contributed by atoms with van der Waals surface area (Å²) in [5.74, 6) is 0. The average molecular weight is 325 g/mol. The summed E-state index contributed by atoms with van der Waals surface area (Å²) in [4.78, 5) is 10.7. The first-order chi connectivity index (χ1) is 6.65. The fraction of sp³-hybridized carbons (Fsp3) is 0.429. The highest BCUT2D eigenvalue weighted by Crippen LogP contribution is 2.17. The molecule has 1 aromatic rings. The van der Waals surface area contributed by atoms with Crippen molar-refractivity contribution >= 4 is 38.0 Å². The molecule has 0 spiro atoms. The van der Waals surface area contributed by atoms with Crippen LogP contribution in [-0.2, 0) is 11.3 Å². The average Bonchev–Trinajstić information content (AvgIpc) is 2.61. The number of aromatic nitrogens is 2. The molecular formula is C7H7Br2N3O2. The molecule has 2 rings (SSSR count). The van der Waals surface area contributed by atoms with Crippen LogP contribution in [-0.4, -0.2) is 28.5 Å². The second-order valence-electron chi connectivity index (χ2n) is 2.88. The van der Waals surface area contributed by atoms with E-state index in [0.717, 1.165) is 9.21 Å². The van der Waals surface area contributed by atoms with Crippen LogP contribution in [0.5, 0.6) is 0 Å². The molecule has 0 saturated carbocycles. The van der Waals surface area contributed by atoms with E-state index in [2.05, 4.69) is 42.3 Å². The smallest absolute Gasteiger partial charge is 0.407 e. The molecule has 0 aromatic carbocycles. The van der Waals surface area contributed by atoms with Gasteiger partial charge < -0.3 is 10.1 Å². The lowest BCUT2D eigenvalue weighted by molar-refractivity contribution is 0.128. The van der Waals surface area contributed by atoms with E-state index in [4.69, 9.17) is 4.74 Å². The van der Waals surface area contributed by atoms with Crippen molar-refractivity contribution in [2.24, 2.45) is 0 Å². The van der Waals surface area contributed by atoms with Gasteiger partial charge in [-0.15, -0.1) is 0 Å². The predicted molar refractivity (Wildman–Crippen MR) is 55.9 cm³/mol. The van der Waals surface area contributed by atoms with Gasteiger partial charge in [0.1, 0.15) is 15.3 Å². The zero-order valence-corrected chi connectivity index (χ0v) is 10.2. The van der Waals surface area contributed by atoms with Gasteiger partial charge in [-0.05, 0) is 31.9 Å². The maximum atomic E-state index is 10.7. The van der Waals surface area contributed by atoms with Gasteiger partial charge in [-0.1, -0.05) is 0 Å². The predicted octanol–water partition coefficient (Wildman–Crippen LogP) is 1.52. The van der Waals surface area contributed by atoms with Crippen molar-refractivity contribution in [1.29, 1.82) is 0 Å². The molecular weight excluding hydrogens is 318 g/mol. The number of hydrogen-bond acceptors (Lipinski definition) is 3. The Labute approximate surface area is 97.1 Å². The number of amides is 1. The fourth-order valence-corrected chi connectivity index (χ4v) is 2.38. The molecule has 1 aliphatic rings. The summed E-state index contributed by atoms with van der Waals surface area (Å²) in [7, 11) is 0. The van der Waals surface area contributed by atoms with E-state index in [0.29, 0.717) is 13.1 Å². The lowest BCUT2D eigenvalue weighted by atomic mass is 10.4. The second-order valence-corrected chi connectivity index (χ2v) is 4.51. The molecule has 76 valence electrons. The summed E-state index contributed by atoms with van der Waals surface area (Å²) in [6.45, 7) is 1.08. The van der Waals surface area contributed by atoms with E-state index >= 15 is 0 Å². The zero-order chi connectivity index (χ0) is 10.1. The van der Waals surface area contributed by atoms with E-state index in [1.807, 2.05) is 6.07 Å². The third kappa shape index (κ3) is 2.09. The monoisotopic (exact) mass is 323 g/mol. The third-order valence-corrected chi connectivity index (χ3v) is 2.85. The van der Waals surface area contributed by atoms with Crippen molar-refractivity contribution in [2.75, 3.05) is 6.54 Å². The SMILES string of the molecule is O=C1NCC(Cn2nc(Br)cc2Br)O1. The van der Waals surface area contributed by atoms with E-state index in [-0.39, 0.29) is 12.2 Å². The maximum Gasteiger partial charge on any atom is 0.407 e. The molecule has 1 saturated heterocycles. The molecule has 0 radical (unpaired) electrons. The topological polar surface area (TPSA) is 56.2 Å². The van der Waals surface area contributed by atoms with Crippen molar-refractivity contribution in [3.63, 3.8) is 0 Å². The normalized spacial score (nSPS) is 20.7. The summed E-state index contributed by atoms with van der Waals surface area (Å²) in [6.07, 6.45) is -0.511. The second kappa shape index (κ2) is 3.90. The minimum atomic E-state index is -0.364. The number of carbonyl (C=O) groups is 1. The van der Waals surface area contributed by atoms with Crippen LogP contribution < -0.4 is 5.32 Å². The van der Waals surface area contributed by atoms with Gasteiger partial charge in [0.2, 0.25) is 0 Å². The Bertz CT molecular complexity index is 366. The molecule has 1 unspecified atom stereocenters. The van der Waals surface area contributed by atoms with Crippen LogP contribution in [0.3, 0.4) is 0 Å². The molecule has 1 amide bonds. The van der Waals surface area contributed by atoms with E-state index in [1.165, 1.54) is 0 Å². The van der Waals surface area contributed by atoms with Crippen LogP contribution in [0, 0.1) is 0 Å². The Morgan fingerprint density at radius 3 is 3.00 bits per heavy atom. The van der Waals surface area contributed by atoms with E-state index in [9.17, 15) is 4.79 Å². The summed E-state index contributed by atoms with van der Waals surface area (Å²) in [5.41, 5.74) is 0. The van der Waals surface area contributed by atoms with Crippen LogP contribution in [0.15, 0.2) is 15.3 Å².